The SMILES string of the molecule is CCCCNCc1ccc(-c2ccc(Cl)cc2Cl)o1. The fraction of sp³-hybridized carbons (Fsp3) is 0.333. The van der Waals surface area contributed by atoms with E-state index in [0.717, 1.165) is 30.2 Å². The zero-order valence-corrected chi connectivity index (χ0v) is 12.4. The fourth-order valence-corrected chi connectivity index (χ4v) is 2.32. The number of unbranched alkanes of at least 4 members (excludes halogenated alkanes) is 1. The molecule has 1 aromatic heterocycles. The Morgan fingerprint density at radius 2 is 2.00 bits per heavy atom. The number of halogens is 2. The highest BCUT2D eigenvalue weighted by Crippen LogP contribution is 2.31. The molecular formula is C15H17Cl2NO. The Morgan fingerprint density at radius 1 is 1.16 bits per heavy atom. The van der Waals surface area contributed by atoms with Gasteiger partial charge in [-0.3, -0.25) is 0 Å². The molecule has 1 aromatic carbocycles. The molecule has 0 aliphatic carbocycles. The van der Waals surface area contributed by atoms with Crippen molar-refractivity contribution in [1.82, 2.24) is 5.32 Å². The predicted octanol–water partition coefficient (Wildman–Crippen LogP) is 5.14. The van der Waals surface area contributed by atoms with Crippen LogP contribution in [0.25, 0.3) is 11.3 Å². The topological polar surface area (TPSA) is 25.2 Å². The molecule has 19 heavy (non-hydrogen) atoms. The molecule has 0 atom stereocenters. The van der Waals surface area contributed by atoms with Crippen LogP contribution in [0.4, 0.5) is 0 Å². The van der Waals surface area contributed by atoms with Crippen LogP contribution in [0.5, 0.6) is 0 Å². The van der Waals surface area contributed by atoms with E-state index in [0.29, 0.717) is 10.0 Å². The molecule has 0 aliphatic rings. The number of furan rings is 1. The second kappa shape index (κ2) is 6.99. The molecule has 0 unspecified atom stereocenters. The van der Waals surface area contributed by atoms with Gasteiger partial charge in [-0.05, 0) is 43.3 Å². The van der Waals surface area contributed by atoms with Crippen molar-refractivity contribution in [3.05, 3.63) is 46.1 Å². The van der Waals surface area contributed by atoms with Crippen LogP contribution in [0.15, 0.2) is 34.7 Å². The van der Waals surface area contributed by atoms with E-state index in [-0.39, 0.29) is 0 Å². The molecule has 0 saturated carbocycles. The van der Waals surface area contributed by atoms with Gasteiger partial charge in [-0.1, -0.05) is 36.5 Å². The zero-order chi connectivity index (χ0) is 13.7. The minimum absolute atomic E-state index is 0.604. The lowest BCUT2D eigenvalue weighted by Crippen LogP contribution is -2.13. The molecule has 0 aliphatic heterocycles. The molecule has 1 heterocycles. The van der Waals surface area contributed by atoms with Gasteiger partial charge in [0.2, 0.25) is 0 Å². The summed E-state index contributed by atoms with van der Waals surface area (Å²) in [5.41, 5.74) is 0.867. The second-order valence-corrected chi connectivity index (χ2v) is 5.26. The molecule has 0 radical (unpaired) electrons. The summed E-state index contributed by atoms with van der Waals surface area (Å²) in [5.74, 6) is 1.69. The third-order valence-electron chi connectivity index (χ3n) is 2.86. The normalized spacial score (nSPS) is 10.9. The maximum absolute atomic E-state index is 6.16. The first kappa shape index (κ1) is 14.4. The van der Waals surface area contributed by atoms with Gasteiger partial charge in [0.1, 0.15) is 11.5 Å². The van der Waals surface area contributed by atoms with Crippen molar-refractivity contribution < 1.29 is 4.42 Å². The van der Waals surface area contributed by atoms with E-state index in [1.807, 2.05) is 24.3 Å². The number of nitrogens with one attached hydrogen (secondary N) is 1. The van der Waals surface area contributed by atoms with E-state index in [1.54, 1.807) is 6.07 Å². The molecule has 0 fully saturated rings. The van der Waals surface area contributed by atoms with Crippen LogP contribution in [0, 0.1) is 0 Å². The maximum atomic E-state index is 6.16. The van der Waals surface area contributed by atoms with Gasteiger partial charge in [-0.15, -0.1) is 0 Å². The van der Waals surface area contributed by atoms with Crippen molar-refractivity contribution in [3.63, 3.8) is 0 Å². The largest absolute Gasteiger partial charge is 0.460 e. The van der Waals surface area contributed by atoms with Crippen molar-refractivity contribution in [2.24, 2.45) is 0 Å². The van der Waals surface area contributed by atoms with Crippen LogP contribution in [-0.4, -0.2) is 6.54 Å². The van der Waals surface area contributed by atoms with E-state index in [9.17, 15) is 0 Å². The summed E-state index contributed by atoms with van der Waals surface area (Å²) in [4.78, 5) is 0. The molecule has 2 nitrogen and oxygen atoms in total. The van der Waals surface area contributed by atoms with Gasteiger partial charge in [0.15, 0.2) is 0 Å². The summed E-state index contributed by atoms with van der Waals surface area (Å²) in [7, 11) is 0. The Labute approximate surface area is 123 Å². The van der Waals surface area contributed by atoms with E-state index in [4.69, 9.17) is 27.6 Å². The average Bonchev–Trinajstić information content (AvgIpc) is 2.83. The van der Waals surface area contributed by atoms with Crippen molar-refractivity contribution in [3.8, 4) is 11.3 Å². The van der Waals surface area contributed by atoms with Crippen LogP contribution < -0.4 is 5.32 Å². The van der Waals surface area contributed by atoms with Gasteiger partial charge >= 0.3 is 0 Å². The molecule has 0 spiro atoms. The number of rotatable bonds is 6. The van der Waals surface area contributed by atoms with Crippen LogP contribution >= 0.6 is 23.2 Å². The lowest BCUT2D eigenvalue weighted by molar-refractivity contribution is 0.490. The third-order valence-corrected chi connectivity index (χ3v) is 3.41. The van der Waals surface area contributed by atoms with E-state index >= 15 is 0 Å². The summed E-state index contributed by atoms with van der Waals surface area (Å²) in [6.45, 7) is 3.93. The van der Waals surface area contributed by atoms with Gasteiger partial charge in [-0.25, -0.2) is 0 Å². The first-order valence-electron chi connectivity index (χ1n) is 6.45. The highest BCUT2D eigenvalue weighted by Gasteiger charge is 2.08. The Kier molecular flexibility index (Phi) is 5.32. The highest BCUT2D eigenvalue weighted by molar-refractivity contribution is 6.36. The minimum Gasteiger partial charge on any atom is -0.460 e. The summed E-state index contributed by atoms with van der Waals surface area (Å²) < 4.78 is 5.78. The standard InChI is InChI=1S/C15H17Cl2NO/c1-2-3-8-18-10-12-5-7-15(19-12)13-6-4-11(16)9-14(13)17/h4-7,9,18H,2-3,8,10H2,1H3. The zero-order valence-electron chi connectivity index (χ0n) is 10.9. The molecule has 0 saturated heterocycles. The number of benzene rings is 1. The van der Waals surface area contributed by atoms with Crippen LogP contribution in [0.1, 0.15) is 25.5 Å². The first-order chi connectivity index (χ1) is 9.20. The van der Waals surface area contributed by atoms with Gasteiger partial charge < -0.3 is 9.73 Å². The average molecular weight is 298 g/mol. The molecule has 0 bridgehead atoms. The Bertz CT molecular complexity index is 537. The van der Waals surface area contributed by atoms with Crippen molar-refractivity contribution in [2.45, 2.75) is 26.3 Å². The van der Waals surface area contributed by atoms with E-state index in [2.05, 4.69) is 12.2 Å². The lowest BCUT2D eigenvalue weighted by Gasteiger charge is -2.02. The summed E-state index contributed by atoms with van der Waals surface area (Å²) in [5, 5.41) is 4.57. The lowest BCUT2D eigenvalue weighted by atomic mass is 10.2. The van der Waals surface area contributed by atoms with E-state index < -0.39 is 0 Å². The Hall–Kier alpha value is -0.960. The summed E-state index contributed by atoms with van der Waals surface area (Å²) in [6.07, 6.45) is 2.37. The van der Waals surface area contributed by atoms with Crippen LogP contribution in [0.3, 0.4) is 0 Å². The van der Waals surface area contributed by atoms with Crippen molar-refractivity contribution >= 4 is 23.2 Å². The van der Waals surface area contributed by atoms with Gasteiger partial charge in [0, 0.05) is 10.6 Å². The van der Waals surface area contributed by atoms with Crippen LogP contribution in [0.2, 0.25) is 10.0 Å². The van der Waals surface area contributed by atoms with Crippen LogP contribution in [-0.2, 0) is 6.54 Å². The number of hydrogen-bond donors (Lipinski definition) is 1. The van der Waals surface area contributed by atoms with Crippen molar-refractivity contribution in [2.75, 3.05) is 6.54 Å². The van der Waals surface area contributed by atoms with E-state index in [1.165, 1.54) is 12.8 Å². The molecule has 4 heteroatoms. The van der Waals surface area contributed by atoms with Gasteiger partial charge in [-0.2, -0.15) is 0 Å². The highest BCUT2D eigenvalue weighted by atomic mass is 35.5. The minimum atomic E-state index is 0.604. The molecular weight excluding hydrogens is 281 g/mol. The Morgan fingerprint density at radius 3 is 2.74 bits per heavy atom. The smallest absolute Gasteiger partial charge is 0.135 e. The third kappa shape index (κ3) is 4.00. The van der Waals surface area contributed by atoms with Crippen molar-refractivity contribution in [1.29, 1.82) is 0 Å². The molecule has 2 aromatic rings. The van der Waals surface area contributed by atoms with Gasteiger partial charge in [0.25, 0.3) is 0 Å². The first-order valence-corrected chi connectivity index (χ1v) is 7.21. The number of hydrogen-bond acceptors (Lipinski definition) is 2. The molecule has 2 rings (SSSR count). The molecule has 102 valence electrons. The maximum Gasteiger partial charge on any atom is 0.135 e. The quantitative estimate of drug-likeness (QED) is 0.747. The summed E-state index contributed by atoms with van der Waals surface area (Å²) in [6, 6.07) is 9.31. The molecule has 1 N–H and O–H groups in total. The fourth-order valence-electron chi connectivity index (χ4n) is 1.82. The second-order valence-electron chi connectivity index (χ2n) is 4.42. The monoisotopic (exact) mass is 297 g/mol. The Balaban J connectivity index is 2.04. The van der Waals surface area contributed by atoms with Gasteiger partial charge in [0.05, 0.1) is 11.6 Å². The molecule has 0 amide bonds. The summed E-state index contributed by atoms with van der Waals surface area (Å²) >= 11 is 12.0. The predicted molar refractivity (Wildman–Crippen MR) is 80.8 cm³/mol.